The molecule has 13 rings (SSSR count). The molecular formula is C62H40N6. The molecule has 5 aromatic heterocycles. The molecule has 0 N–H and O–H groups in total. The molecule has 0 atom stereocenters. The maximum Gasteiger partial charge on any atom is 0.160 e. The van der Waals surface area contributed by atoms with E-state index in [9.17, 15) is 0 Å². The summed E-state index contributed by atoms with van der Waals surface area (Å²) in [6.07, 6.45) is 7.23. The Kier molecular flexibility index (Phi) is 9.39. The van der Waals surface area contributed by atoms with Gasteiger partial charge in [-0.3, -0.25) is 9.97 Å². The zero-order chi connectivity index (χ0) is 45.0. The first-order valence-corrected chi connectivity index (χ1v) is 22.8. The quantitative estimate of drug-likeness (QED) is 0.153. The molecule has 0 aliphatic carbocycles. The van der Waals surface area contributed by atoms with Crippen LogP contribution in [0, 0.1) is 0 Å². The van der Waals surface area contributed by atoms with Crippen molar-refractivity contribution in [3.63, 3.8) is 0 Å². The van der Waals surface area contributed by atoms with Gasteiger partial charge < -0.3 is 9.13 Å². The Bertz CT molecular complexity index is 3840. The van der Waals surface area contributed by atoms with E-state index in [-0.39, 0.29) is 0 Å². The van der Waals surface area contributed by atoms with Crippen molar-refractivity contribution >= 4 is 43.6 Å². The predicted molar refractivity (Wildman–Crippen MR) is 279 cm³/mol. The number of hydrogen-bond acceptors (Lipinski definition) is 4. The van der Waals surface area contributed by atoms with Crippen LogP contribution in [-0.2, 0) is 0 Å². The van der Waals surface area contributed by atoms with Gasteiger partial charge >= 0.3 is 0 Å². The highest BCUT2D eigenvalue weighted by molar-refractivity contribution is 6.13. The van der Waals surface area contributed by atoms with Gasteiger partial charge in [-0.2, -0.15) is 0 Å². The number of aromatic nitrogens is 6. The second kappa shape index (κ2) is 16.3. The largest absolute Gasteiger partial charge is 0.309 e. The molecule has 0 spiro atoms. The van der Waals surface area contributed by atoms with Gasteiger partial charge in [-0.15, -0.1) is 0 Å². The minimum atomic E-state index is 0.611. The maximum absolute atomic E-state index is 5.36. The van der Waals surface area contributed by atoms with Crippen LogP contribution < -0.4 is 0 Å². The molecule has 0 saturated carbocycles. The van der Waals surface area contributed by atoms with Crippen LogP contribution in [0.2, 0.25) is 0 Å². The monoisotopic (exact) mass is 868 g/mol. The van der Waals surface area contributed by atoms with Gasteiger partial charge in [0.25, 0.3) is 0 Å². The van der Waals surface area contributed by atoms with Crippen LogP contribution in [0.3, 0.4) is 0 Å². The van der Waals surface area contributed by atoms with Crippen LogP contribution in [0.1, 0.15) is 0 Å². The third-order valence-corrected chi connectivity index (χ3v) is 13.1. The summed E-state index contributed by atoms with van der Waals surface area (Å²) in [5.74, 6) is 0.611. The van der Waals surface area contributed by atoms with Crippen LogP contribution in [0.15, 0.2) is 243 Å². The molecule has 0 amide bonds. The van der Waals surface area contributed by atoms with Crippen molar-refractivity contribution in [1.29, 1.82) is 0 Å². The summed E-state index contributed by atoms with van der Waals surface area (Å²) < 4.78 is 4.82. The average Bonchev–Trinajstić information content (AvgIpc) is 3.93. The van der Waals surface area contributed by atoms with Crippen molar-refractivity contribution in [1.82, 2.24) is 29.1 Å². The number of hydrogen-bond donors (Lipinski definition) is 0. The van der Waals surface area contributed by atoms with E-state index in [1.807, 2.05) is 49.1 Å². The fraction of sp³-hybridized carbons (Fsp3) is 0. The van der Waals surface area contributed by atoms with Crippen LogP contribution in [0.25, 0.3) is 122 Å². The molecule has 0 aliphatic rings. The summed E-state index contributed by atoms with van der Waals surface area (Å²) in [4.78, 5) is 19.4. The zero-order valence-corrected chi connectivity index (χ0v) is 36.8. The van der Waals surface area contributed by atoms with Crippen LogP contribution in [-0.4, -0.2) is 29.1 Å². The molecule has 0 aliphatic heterocycles. The number of fused-ring (bicyclic) bond motifs is 6. The highest BCUT2D eigenvalue weighted by Crippen LogP contribution is 2.41. The van der Waals surface area contributed by atoms with Gasteiger partial charge in [-0.25, -0.2) is 9.97 Å². The highest BCUT2D eigenvalue weighted by atomic mass is 15.0. The Labute approximate surface area is 392 Å². The van der Waals surface area contributed by atoms with Crippen LogP contribution in [0.5, 0.6) is 0 Å². The first kappa shape index (κ1) is 39.1. The van der Waals surface area contributed by atoms with Crippen molar-refractivity contribution in [3.05, 3.63) is 243 Å². The predicted octanol–water partition coefficient (Wildman–Crippen LogP) is 15.5. The average molecular weight is 869 g/mol. The molecule has 318 valence electrons. The maximum atomic E-state index is 5.36. The van der Waals surface area contributed by atoms with E-state index in [1.54, 1.807) is 0 Å². The smallest absolute Gasteiger partial charge is 0.160 e. The summed E-state index contributed by atoms with van der Waals surface area (Å²) in [6.45, 7) is 0. The molecule has 0 saturated heterocycles. The van der Waals surface area contributed by atoms with E-state index >= 15 is 0 Å². The molecule has 6 nitrogen and oxygen atoms in total. The van der Waals surface area contributed by atoms with Gasteiger partial charge in [0.15, 0.2) is 5.82 Å². The van der Waals surface area contributed by atoms with Crippen molar-refractivity contribution in [3.8, 4) is 78.7 Å². The van der Waals surface area contributed by atoms with Gasteiger partial charge in [0.05, 0.1) is 33.5 Å². The fourth-order valence-corrected chi connectivity index (χ4v) is 9.88. The molecule has 0 fully saturated rings. The van der Waals surface area contributed by atoms with Crippen LogP contribution in [0.4, 0.5) is 0 Å². The SMILES string of the molecule is c1ccc(-c2ccc3c(c2)c2ccccc2n3-c2cc(-c3nc(-c4ccncc4)cc(-c4ccncc4)n3)cc(-n3c4ccc(-c5ccccc5)cc4c4cc(-c5ccccc5)ccc43)c2)cc1. The van der Waals surface area contributed by atoms with Gasteiger partial charge in [0, 0.05) is 74.4 Å². The Balaban J connectivity index is 1.11. The second-order valence-electron chi connectivity index (χ2n) is 17.2. The Morgan fingerprint density at radius 2 is 0.632 bits per heavy atom. The normalized spacial score (nSPS) is 11.5. The van der Waals surface area contributed by atoms with Crippen molar-refractivity contribution in [2.45, 2.75) is 0 Å². The molecule has 0 bridgehead atoms. The summed E-state index contributed by atoms with van der Waals surface area (Å²) in [5, 5.41) is 4.71. The molecule has 68 heavy (non-hydrogen) atoms. The third kappa shape index (κ3) is 6.82. The first-order valence-electron chi connectivity index (χ1n) is 22.8. The summed E-state index contributed by atoms with van der Waals surface area (Å²) in [5.41, 5.74) is 17.9. The number of para-hydroxylation sites is 1. The molecule has 0 radical (unpaired) electrons. The minimum Gasteiger partial charge on any atom is -0.309 e. The lowest BCUT2D eigenvalue weighted by Gasteiger charge is -2.16. The van der Waals surface area contributed by atoms with Crippen molar-refractivity contribution < 1.29 is 0 Å². The summed E-state index contributed by atoms with van der Waals surface area (Å²) >= 11 is 0. The Hall–Kier alpha value is -9.26. The van der Waals surface area contributed by atoms with E-state index in [1.165, 1.54) is 54.9 Å². The van der Waals surface area contributed by atoms with Crippen molar-refractivity contribution in [2.75, 3.05) is 0 Å². The summed E-state index contributed by atoms with van der Waals surface area (Å²) in [6, 6.07) is 78.1. The molecular weight excluding hydrogens is 829 g/mol. The standard InChI is InChI=1S/C62H40N6/c1-4-12-41(13-5-1)46-20-23-59-53(36-46)52-18-10-11-19-58(52)67(59)50-34-49(62-65-56(44-26-30-63-31-27-44)40-57(66-62)45-28-32-64-33-29-45)35-51(39-50)68-60-24-21-47(42-14-6-2-7-15-42)37-54(60)55-38-48(22-25-61(55)68)43-16-8-3-9-17-43/h1-40H. The number of benzene rings is 8. The van der Waals surface area contributed by atoms with E-state index in [2.05, 4.69) is 213 Å². The lowest BCUT2D eigenvalue weighted by Crippen LogP contribution is -2.02. The highest BCUT2D eigenvalue weighted by Gasteiger charge is 2.21. The zero-order valence-electron chi connectivity index (χ0n) is 36.8. The van der Waals surface area contributed by atoms with Crippen molar-refractivity contribution in [2.24, 2.45) is 0 Å². The fourth-order valence-electron chi connectivity index (χ4n) is 9.88. The molecule has 13 aromatic rings. The third-order valence-electron chi connectivity index (χ3n) is 13.1. The lowest BCUT2D eigenvalue weighted by molar-refractivity contribution is 1.12. The van der Waals surface area contributed by atoms with Gasteiger partial charge in [0.1, 0.15) is 0 Å². The minimum absolute atomic E-state index is 0.611. The number of nitrogens with zero attached hydrogens (tertiary/aromatic N) is 6. The van der Waals surface area contributed by atoms with E-state index in [4.69, 9.17) is 9.97 Å². The summed E-state index contributed by atoms with van der Waals surface area (Å²) in [7, 11) is 0. The molecule has 5 heterocycles. The lowest BCUT2D eigenvalue weighted by atomic mass is 10.0. The van der Waals surface area contributed by atoms with Gasteiger partial charge in [-0.1, -0.05) is 127 Å². The molecule has 8 aromatic carbocycles. The van der Waals surface area contributed by atoms with E-state index < -0.39 is 0 Å². The number of pyridine rings is 2. The number of rotatable bonds is 8. The van der Waals surface area contributed by atoms with Gasteiger partial charge in [-0.05, 0) is 124 Å². The topological polar surface area (TPSA) is 61.4 Å². The van der Waals surface area contributed by atoms with Crippen LogP contribution >= 0.6 is 0 Å². The first-order chi connectivity index (χ1) is 33.7. The van der Waals surface area contributed by atoms with E-state index in [0.717, 1.165) is 61.5 Å². The van der Waals surface area contributed by atoms with Gasteiger partial charge in [0.2, 0.25) is 0 Å². The molecule has 6 heteroatoms. The van der Waals surface area contributed by atoms with E-state index in [0.29, 0.717) is 5.82 Å². The Morgan fingerprint density at radius 1 is 0.250 bits per heavy atom. The second-order valence-corrected chi connectivity index (χ2v) is 17.2. The molecule has 0 unspecified atom stereocenters. The Morgan fingerprint density at radius 3 is 1.07 bits per heavy atom.